The summed E-state index contributed by atoms with van der Waals surface area (Å²) in [7, 11) is 0. The van der Waals surface area contributed by atoms with Crippen molar-refractivity contribution in [1.82, 2.24) is 0 Å². The van der Waals surface area contributed by atoms with Gasteiger partial charge in [0, 0.05) is 6.61 Å². The molecule has 2 atom stereocenters. The Hall–Kier alpha value is -1.86. The van der Waals surface area contributed by atoms with Gasteiger partial charge in [-0.05, 0) is 30.9 Å². The fraction of sp³-hybridized carbons (Fsp3) is 0.474. The highest BCUT2D eigenvalue weighted by Gasteiger charge is 2.25. The van der Waals surface area contributed by atoms with Crippen LogP contribution in [0.5, 0.6) is 0 Å². The molecule has 0 radical (unpaired) electrons. The number of hydrogen-bond acceptors (Lipinski definition) is 6. The SMILES string of the molecule is OCC1=C(OCc2ccccc2)C(O)C=C(COC2CCCCO2)O1. The quantitative estimate of drug-likeness (QED) is 0.787. The van der Waals surface area contributed by atoms with Gasteiger partial charge in [-0.1, -0.05) is 30.3 Å². The van der Waals surface area contributed by atoms with E-state index in [1.165, 1.54) is 6.08 Å². The van der Waals surface area contributed by atoms with E-state index in [9.17, 15) is 10.2 Å². The molecule has 1 aromatic carbocycles. The van der Waals surface area contributed by atoms with Crippen LogP contribution in [0.3, 0.4) is 0 Å². The van der Waals surface area contributed by atoms with E-state index < -0.39 is 6.10 Å². The number of benzene rings is 1. The lowest BCUT2D eigenvalue weighted by molar-refractivity contribution is -0.161. The van der Waals surface area contributed by atoms with Crippen molar-refractivity contribution < 1.29 is 29.2 Å². The Morgan fingerprint density at radius 3 is 2.68 bits per heavy atom. The van der Waals surface area contributed by atoms with E-state index in [1.807, 2.05) is 30.3 Å². The van der Waals surface area contributed by atoms with E-state index in [0.29, 0.717) is 12.4 Å². The lowest BCUT2D eigenvalue weighted by Gasteiger charge is -2.27. The zero-order valence-corrected chi connectivity index (χ0v) is 14.1. The standard InChI is InChI=1S/C19H24O6/c20-11-17-19(24-12-14-6-2-1-3-7-14)16(21)10-15(25-17)13-23-18-8-4-5-9-22-18/h1-3,6-7,10,16,18,20-21H,4-5,8-9,11-13H2. The largest absolute Gasteiger partial charge is 0.486 e. The Morgan fingerprint density at radius 1 is 1.12 bits per heavy atom. The molecule has 0 amide bonds. The third kappa shape index (κ3) is 5.06. The summed E-state index contributed by atoms with van der Waals surface area (Å²) in [4.78, 5) is 0. The smallest absolute Gasteiger partial charge is 0.170 e. The van der Waals surface area contributed by atoms with Gasteiger partial charge in [-0.25, -0.2) is 0 Å². The topological polar surface area (TPSA) is 77.4 Å². The number of hydrogen-bond donors (Lipinski definition) is 2. The molecule has 3 rings (SSSR count). The van der Waals surface area contributed by atoms with Crippen LogP contribution in [0.15, 0.2) is 53.7 Å². The van der Waals surface area contributed by atoms with Crippen LogP contribution in [0, 0.1) is 0 Å². The Kier molecular flexibility index (Phi) is 6.47. The molecule has 6 heteroatoms. The van der Waals surface area contributed by atoms with Crippen LogP contribution in [0.2, 0.25) is 0 Å². The van der Waals surface area contributed by atoms with Crippen molar-refractivity contribution in [1.29, 1.82) is 0 Å². The molecule has 0 spiro atoms. The summed E-state index contributed by atoms with van der Waals surface area (Å²) < 4.78 is 22.4. The number of aliphatic hydroxyl groups is 2. The Balaban J connectivity index is 1.56. The van der Waals surface area contributed by atoms with Gasteiger partial charge in [0.15, 0.2) is 17.8 Å². The Morgan fingerprint density at radius 2 is 1.96 bits per heavy atom. The number of ether oxygens (including phenoxy) is 4. The third-order valence-corrected chi connectivity index (χ3v) is 4.07. The molecular formula is C19H24O6. The minimum absolute atomic E-state index is 0.178. The van der Waals surface area contributed by atoms with E-state index in [2.05, 4.69) is 0 Å². The molecule has 0 aliphatic carbocycles. The fourth-order valence-corrected chi connectivity index (χ4v) is 2.77. The van der Waals surface area contributed by atoms with Gasteiger partial charge in [-0.15, -0.1) is 0 Å². The molecule has 0 aromatic heterocycles. The van der Waals surface area contributed by atoms with Gasteiger partial charge in [0.2, 0.25) is 0 Å². The van der Waals surface area contributed by atoms with Gasteiger partial charge in [-0.3, -0.25) is 0 Å². The molecule has 136 valence electrons. The van der Waals surface area contributed by atoms with Crippen molar-refractivity contribution in [3.05, 3.63) is 59.2 Å². The molecule has 0 bridgehead atoms. The maximum atomic E-state index is 10.3. The Bertz CT molecular complexity index is 604. The Labute approximate surface area is 147 Å². The lowest BCUT2D eigenvalue weighted by atomic mass is 10.2. The van der Waals surface area contributed by atoms with E-state index in [4.69, 9.17) is 18.9 Å². The fourth-order valence-electron chi connectivity index (χ4n) is 2.77. The van der Waals surface area contributed by atoms with Gasteiger partial charge < -0.3 is 29.2 Å². The zero-order valence-electron chi connectivity index (χ0n) is 14.1. The zero-order chi connectivity index (χ0) is 17.5. The van der Waals surface area contributed by atoms with Gasteiger partial charge in [0.25, 0.3) is 0 Å². The first-order chi connectivity index (χ1) is 12.3. The molecule has 6 nitrogen and oxygen atoms in total. The minimum atomic E-state index is -0.981. The van der Waals surface area contributed by atoms with E-state index in [1.54, 1.807) is 0 Å². The van der Waals surface area contributed by atoms with Crippen molar-refractivity contribution in [2.45, 2.75) is 38.3 Å². The van der Waals surface area contributed by atoms with Crippen LogP contribution in [0.4, 0.5) is 0 Å². The van der Waals surface area contributed by atoms with Crippen LogP contribution >= 0.6 is 0 Å². The maximum Gasteiger partial charge on any atom is 0.170 e. The van der Waals surface area contributed by atoms with Gasteiger partial charge in [0.1, 0.15) is 31.7 Å². The summed E-state index contributed by atoms with van der Waals surface area (Å²) in [6.07, 6.45) is 3.29. The van der Waals surface area contributed by atoms with Crippen molar-refractivity contribution in [2.75, 3.05) is 19.8 Å². The molecule has 1 aromatic rings. The van der Waals surface area contributed by atoms with Crippen molar-refractivity contribution in [3.63, 3.8) is 0 Å². The van der Waals surface area contributed by atoms with E-state index in [0.717, 1.165) is 24.8 Å². The van der Waals surface area contributed by atoms with Gasteiger partial charge in [-0.2, -0.15) is 0 Å². The van der Waals surface area contributed by atoms with Gasteiger partial charge >= 0.3 is 0 Å². The van der Waals surface area contributed by atoms with Crippen LogP contribution in [0.1, 0.15) is 24.8 Å². The number of aliphatic hydroxyl groups excluding tert-OH is 2. The molecule has 0 saturated carbocycles. The molecule has 2 N–H and O–H groups in total. The predicted octanol–water partition coefficient (Wildman–Crippen LogP) is 2.23. The molecule has 2 aliphatic heterocycles. The molecule has 1 fully saturated rings. The molecule has 2 unspecified atom stereocenters. The lowest BCUT2D eigenvalue weighted by Crippen LogP contribution is -2.26. The second-order valence-electron chi connectivity index (χ2n) is 6.01. The van der Waals surface area contributed by atoms with E-state index in [-0.39, 0.29) is 37.6 Å². The van der Waals surface area contributed by atoms with E-state index >= 15 is 0 Å². The van der Waals surface area contributed by atoms with Crippen LogP contribution < -0.4 is 0 Å². The maximum absolute atomic E-state index is 10.3. The molecule has 2 heterocycles. The average Bonchev–Trinajstić information content (AvgIpc) is 2.66. The molecule has 2 aliphatic rings. The van der Waals surface area contributed by atoms with Crippen LogP contribution in [0.25, 0.3) is 0 Å². The predicted molar refractivity (Wildman–Crippen MR) is 90.1 cm³/mol. The summed E-state index contributed by atoms with van der Waals surface area (Å²) >= 11 is 0. The van der Waals surface area contributed by atoms with Crippen molar-refractivity contribution in [3.8, 4) is 0 Å². The normalized spacial score (nSPS) is 23.8. The van der Waals surface area contributed by atoms with Crippen molar-refractivity contribution >= 4 is 0 Å². The van der Waals surface area contributed by atoms with Gasteiger partial charge in [0.05, 0.1) is 0 Å². The average molecular weight is 348 g/mol. The molecule has 25 heavy (non-hydrogen) atoms. The van der Waals surface area contributed by atoms with Crippen LogP contribution in [-0.4, -0.2) is 42.4 Å². The van der Waals surface area contributed by atoms with Crippen molar-refractivity contribution in [2.24, 2.45) is 0 Å². The highest BCUT2D eigenvalue weighted by Crippen LogP contribution is 2.25. The highest BCUT2D eigenvalue weighted by atomic mass is 16.7. The summed E-state index contributed by atoms with van der Waals surface area (Å²) in [5.74, 6) is 0.871. The molecular weight excluding hydrogens is 324 g/mol. The first-order valence-electron chi connectivity index (χ1n) is 8.56. The summed E-state index contributed by atoms with van der Waals surface area (Å²) in [6, 6.07) is 9.60. The monoisotopic (exact) mass is 348 g/mol. The summed E-state index contributed by atoms with van der Waals surface area (Å²) in [6.45, 7) is 0.803. The molecule has 1 saturated heterocycles. The first kappa shape index (κ1) is 17.9. The second-order valence-corrected chi connectivity index (χ2v) is 6.01. The second kappa shape index (κ2) is 9.01. The number of rotatable bonds is 7. The first-order valence-corrected chi connectivity index (χ1v) is 8.56. The minimum Gasteiger partial charge on any atom is -0.486 e. The summed E-state index contributed by atoms with van der Waals surface area (Å²) in [5.41, 5.74) is 0.965. The summed E-state index contributed by atoms with van der Waals surface area (Å²) in [5, 5.41) is 19.9. The van der Waals surface area contributed by atoms with Crippen LogP contribution in [-0.2, 0) is 25.6 Å². The highest BCUT2D eigenvalue weighted by molar-refractivity contribution is 5.23. The third-order valence-electron chi connectivity index (χ3n) is 4.07.